The van der Waals surface area contributed by atoms with E-state index in [2.05, 4.69) is 10.1 Å². The maximum atomic E-state index is 12.9. The van der Waals surface area contributed by atoms with Crippen LogP contribution in [0, 0.1) is 0 Å². The van der Waals surface area contributed by atoms with Crippen LogP contribution in [0.15, 0.2) is 29.6 Å². The van der Waals surface area contributed by atoms with Crippen LogP contribution in [0.1, 0.15) is 16.8 Å². The van der Waals surface area contributed by atoms with Gasteiger partial charge in [0.05, 0.1) is 12.0 Å². The average Bonchev–Trinajstić information content (AvgIpc) is 2.78. The van der Waals surface area contributed by atoms with Crippen LogP contribution < -0.4 is 0 Å². The zero-order valence-corrected chi connectivity index (χ0v) is 10.5. The molecule has 1 aromatic heterocycles. The number of carbonyl (C=O) groups excluding carboxylic acids is 1. The van der Waals surface area contributed by atoms with E-state index in [1.54, 1.807) is 0 Å². The molecule has 1 aliphatic heterocycles. The third kappa shape index (κ3) is 2.63. The topological polar surface area (TPSA) is 65.8 Å². The van der Waals surface area contributed by atoms with Crippen molar-refractivity contribution < 1.29 is 36.2 Å². The predicted octanol–water partition coefficient (Wildman–Crippen LogP) is 2.10. The largest absolute Gasteiger partial charge is 0.438 e. The van der Waals surface area contributed by atoms with Gasteiger partial charge in [-0.25, -0.2) is 0 Å². The number of rotatable bonds is 1. The van der Waals surface area contributed by atoms with Crippen LogP contribution in [0.2, 0.25) is 0 Å². The molecule has 22 heavy (non-hydrogen) atoms. The van der Waals surface area contributed by atoms with Crippen molar-refractivity contribution in [1.29, 1.82) is 0 Å². The molecule has 0 aromatic carbocycles. The smallest absolute Gasteiger partial charge is 0.362 e. The summed E-state index contributed by atoms with van der Waals surface area (Å²) in [5, 5.41) is 11.6. The zero-order chi connectivity index (χ0) is 16.8. The number of carbonyl (C=O) groups is 1. The van der Waals surface area contributed by atoms with Crippen molar-refractivity contribution in [1.82, 2.24) is 9.99 Å². The molecule has 1 aliphatic rings. The zero-order valence-electron chi connectivity index (χ0n) is 10.5. The molecule has 0 saturated heterocycles. The summed E-state index contributed by atoms with van der Waals surface area (Å²) < 4.78 is 76.5. The fraction of sp³-hybridized carbons (Fsp3) is 0.364. The normalized spacial score (nSPS) is 22.7. The van der Waals surface area contributed by atoms with Gasteiger partial charge < -0.3 is 5.11 Å². The molecule has 1 atom stereocenters. The van der Waals surface area contributed by atoms with Crippen molar-refractivity contribution in [2.24, 2.45) is 5.10 Å². The molecule has 11 heteroatoms. The van der Waals surface area contributed by atoms with E-state index in [0.29, 0.717) is 0 Å². The van der Waals surface area contributed by atoms with E-state index >= 15 is 0 Å². The number of nitrogens with zero attached hydrogens (tertiary/aromatic N) is 3. The van der Waals surface area contributed by atoms with Gasteiger partial charge in [0.15, 0.2) is 0 Å². The number of alkyl halides is 6. The average molecular weight is 327 g/mol. The van der Waals surface area contributed by atoms with Gasteiger partial charge in [0.2, 0.25) is 0 Å². The predicted molar refractivity (Wildman–Crippen MR) is 59.5 cm³/mol. The van der Waals surface area contributed by atoms with Crippen LogP contribution in [0.3, 0.4) is 0 Å². The van der Waals surface area contributed by atoms with Crippen LogP contribution in [0.25, 0.3) is 0 Å². The Morgan fingerprint density at radius 2 is 1.91 bits per heavy atom. The van der Waals surface area contributed by atoms with Gasteiger partial charge in [0.25, 0.3) is 11.6 Å². The Balaban J connectivity index is 2.48. The Labute approximate surface area is 118 Å². The first kappa shape index (κ1) is 16.2. The highest BCUT2D eigenvalue weighted by Crippen LogP contribution is 2.43. The lowest BCUT2D eigenvalue weighted by Crippen LogP contribution is -2.56. The molecule has 1 N–H and O–H groups in total. The summed E-state index contributed by atoms with van der Waals surface area (Å²) in [5.74, 6) is -1.55. The summed E-state index contributed by atoms with van der Waals surface area (Å²) in [6.45, 7) is 0. The molecule has 2 heterocycles. The maximum absolute atomic E-state index is 12.9. The molecule has 0 fully saturated rings. The molecule has 120 valence electrons. The highest BCUT2D eigenvalue weighted by atomic mass is 19.4. The minimum absolute atomic E-state index is 0.447. The first-order chi connectivity index (χ1) is 9.97. The SMILES string of the molecule is O=C(c1cccnc1)N1N=C(C(F)(F)F)C[C@]1(O)C(F)(F)F. The van der Waals surface area contributed by atoms with Crippen LogP contribution in [0.4, 0.5) is 26.3 Å². The molecule has 2 rings (SSSR count). The van der Waals surface area contributed by atoms with E-state index in [1.165, 1.54) is 12.3 Å². The fourth-order valence-corrected chi connectivity index (χ4v) is 1.75. The van der Waals surface area contributed by atoms with Crippen LogP contribution in [-0.4, -0.2) is 44.8 Å². The van der Waals surface area contributed by atoms with E-state index in [0.717, 1.165) is 12.3 Å². The van der Waals surface area contributed by atoms with Gasteiger partial charge in [0, 0.05) is 12.4 Å². The summed E-state index contributed by atoms with van der Waals surface area (Å²) in [5.41, 5.74) is -6.41. The quantitative estimate of drug-likeness (QED) is 0.804. The summed E-state index contributed by atoms with van der Waals surface area (Å²) in [6, 6.07) is 2.23. The Morgan fingerprint density at radius 1 is 1.27 bits per heavy atom. The van der Waals surface area contributed by atoms with Gasteiger partial charge in [-0.15, -0.1) is 0 Å². The lowest BCUT2D eigenvalue weighted by atomic mass is 10.1. The molecule has 0 radical (unpaired) electrons. The lowest BCUT2D eigenvalue weighted by Gasteiger charge is -2.32. The lowest BCUT2D eigenvalue weighted by molar-refractivity contribution is -0.297. The Hall–Kier alpha value is -2.17. The van der Waals surface area contributed by atoms with Crippen molar-refractivity contribution in [2.45, 2.75) is 24.5 Å². The van der Waals surface area contributed by atoms with Gasteiger partial charge in [-0.2, -0.15) is 36.5 Å². The number of hydrogen-bond donors (Lipinski definition) is 1. The van der Waals surface area contributed by atoms with E-state index in [-0.39, 0.29) is 0 Å². The van der Waals surface area contributed by atoms with Gasteiger partial charge in [-0.1, -0.05) is 0 Å². The van der Waals surface area contributed by atoms with Crippen LogP contribution in [0.5, 0.6) is 0 Å². The number of hydrazone groups is 1. The third-order valence-corrected chi connectivity index (χ3v) is 2.87. The van der Waals surface area contributed by atoms with Crippen molar-refractivity contribution in [3.63, 3.8) is 0 Å². The molecule has 0 unspecified atom stereocenters. The van der Waals surface area contributed by atoms with E-state index in [4.69, 9.17) is 0 Å². The van der Waals surface area contributed by atoms with Crippen LogP contribution in [-0.2, 0) is 0 Å². The first-order valence-corrected chi connectivity index (χ1v) is 5.65. The first-order valence-electron chi connectivity index (χ1n) is 5.65. The molecular formula is C11H7F6N3O2. The van der Waals surface area contributed by atoms with Gasteiger partial charge in [-0.3, -0.25) is 9.78 Å². The second kappa shape index (κ2) is 4.93. The summed E-state index contributed by atoms with van der Waals surface area (Å²) in [4.78, 5) is 15.4. The number of pyridine rings is 1. The van der Waals surface area contributed by atoms with Crippen molar-refractivity contribution in [2.75, 3.05) is 0 Å². The summed E-state index contributed by atoms with van der Waals surface area (Å²) in [6.07, 6.45) is -10.6. The Bertz CT molecular complexity index is 612. The van der Waals surface area contributed by atoms with Gasteiger partial charge in [-0.05, 0) is 12.1 Å². The second-order valence-electron chi connectivity index (χ2n) is 4.39. The van der Waals surface area contributed by atoms with Crippen LogP contribution >= 0.6 is 0 Å². The molecule has 0 saturated carbocycles. The van der Waals surface area contributed by atoms with E-state index in [9.17, 15) is 36.2 Å². The molecule has 0 spiro atoms. The molecule has 5 nitrogen and oxygen atoms in total. The Kier molecular flexibility index (Phi) is 3.63. The Morgan fingerprint density at radius 3 is 2.36 bits per heavy atom. The van der Waals surface area contributed by atoms with E-state index in [1.807, 2.05) is 0 Å². The third-order valence-electron chi connectivity index (χ3n) is 2.87. The van der Waals surface area contributed by atoms with Crippen molar-refractivity contribution >= 4 is 11.6 Å². The molecular weight excluding hydrogens is 320 g/mol. The standard InChI is InChI=1S/C11H7F6N3O2/c12-10(13,14)7-4-9(22,11(15,16)17)20(19-7)8(21)6-2-1-3-18-5-6/h1-3,5,22H,4H2/t9-/m0/s1. The number of halogens is 6. The number of aliphatic hydroxyl groups is 1. The molecule has 1 amide bonds. The number of aromatic nitrogens is 1. The molecule has 1 aromatic rings. The molecule has 0 bridgehead atoms. The fourth-order valence-electron chi connectivity index (χ4n) is 1.75. The van der Waals surface area contributed by atoms with E-state index < -0.39 is 46.7 Å². The van der Waals surface area contributed by atoms with Gasteiger partial charge in [0.1, 0.15) is 5.71 Å². The summed E-state index contributed by atoms with van der Waals surface area (Å²) in [7, 11) is 0. The van der Waals surface area contributed by atoms with Crippen molar-refractivity contribution in [3.8, 4) is 0 Å². The number of hydrogen-bond acceptors (Lipinski definition) is 4. The second-order valence-corrected chi connectivity index (χ2v) is 4.39. The highest BCUT2D eigenvalue weighted by molar-refractivity contribution is 5.99. The maximum Gasteiger partial charge on any atom is 0.438 e. The van der Waals surface area contributed by atoms with Crippen molar-refractivity contribution in [3.05, 3.63) is 30.1 Å². The monoisotopic (exact) mass is 327 g/mol. The highest BCUT2D eigenvalue weighted by Gasteiger charge is 2.66. The van der Waals surface area contributed by atoms with Gasteiger partial charge >= 0.3 is 12.4 Å². The minimum Gasteiger partial charge on any atom is -0.362 e. The molecule has 0 aliphatic carbocycles. The summed E-state index contributed by atoms with van der Waals surface area (Å²) >= 11 is 0. The minimum atomic E-state index is -5.53. The number of amides is 1.